The van der Waals surface area contributed by atoms with Crippen LogP contribution in [0.5, 0.6) is 0 Å². The van der Waals surface area contributed by atoms with E-state index < -0.39 is 17.8 Å². The summed E-state index contributed by atoms with van der Waals surface area (Å²) in [5, 5.41) is 30.0. The number of rotatable bonds is 6. The Kier molecular flexibility index (Phi) is 5.95. The first-order chi connectivity index (χ1) is 12.5. The first kappa shape index (κ1) is 20.0. The molecule has 6 unspecified atom stereocenters. The Labute approximate surface area is 156 Å². The molecule has 2 bridgehead atoms. The van der Waals surface area contributed by atoms with Crippen LogP contribution in [0, 0.1) is 22.7 Å². The molecular weight excluding hydrogens is 332 g/mol. The maximum atomic E-state index is 11.2. The smallest absolute Gasteiger partial charge is 0.169 e. The second-order valence-corrected chi connectivity index (χ2v) is 8.42. The van der Waals surface area contributed by atoms with Crippen molar-refractivity contribution >= 4 is 0 Å². The lowest BCUT2D eigenvalue weighted by Crippen LogP contribution is -2.69. The zero-order chi connectivity index (χ0) is 18.9. The summed E-state index contributed by atoms with van der Waals surface area (Å²) in [6.45, 7) is 4.89. The number of aliphatic hydroxyl groups is 3. The Morgan fingerprint density at radius 2 is 2.19 bits per heavy atom. The fraction of sp³-hybridized carbons (Fsp3) is 0.810. The van der Waals surface area contributed by atoms with Crippen molar-refractivity contribution in [1.82, 2.24) is 0 Å². The molecule has 26 heavy (non-hydrogen) atoms. The van der Waals surface area contributed by atoms with E-state index in [1.165, 1.54) is 5.57 Å². The van der Waals surface area contributed by atoms with Gasteiger partial charge in [-0.1, -0.05) is 24.6 Å². The lowest BCUT2D eigenvalue weighted by molar-refractivity contribution is -0.325. The first-order valence-corrected chi connectivity index (χ1v) is 9.86. The van der Waals surface area contributed by atoms with Gasteiger partial charge in [-0.15, -0.1) is 0 Å². The van der Waals surface area contributed by atoms with Gasteiger partial charge < -0.3 is 24.8 Å². The predicted octanol–water partition coefficient (Wildman–Crippen LogP) is 2.41. The van der Waals surface area contributed by atoms with Gasteiger partial charge in [0.15, 0.2) is 6.29 Å². The van der Waals surface area contributed by atoms with Gasteiger partial charge in [0.1, 0.15) is 0 Å². The monoisotopic (exact) mass is 366 g/mol. The molecule has 148 valence electrons. The molecule has 1 heterocycles. The van der Waals surface area contributed by atoms with Gasteiger partial charge in [0.25, 0.3) is 0 Å². The number of hydrogen-bond acceptors (Lipinski definition) is 5. The maximum Gasteiger partial charge on any atom is 0.169 e. The van der Waals surface area contributed by atoms with Crippen LogP contribution in [-0.2, 0) is 9.47 Å². The molecule has 1 aliphatic heterocycles. The van der Waals surface area contributed by atoms with Crippen LogP contribution in [0.4, 0.5) is 0 Å². The zero-order valence-electron chi connectivity index (χ0n) is 16.3. The maximum absolute atomic E-state index is 11.2. The van der Waals surface area contributed by atoms with E-state index in [-0.39, 0.29) is 18.6 Å². The number of hydrogen-bond donors (Lipinski definition) is 3. The van der Waals surface area contributed by atoms with Crippen molar-refractivity contribution in [1.29, 1.82) is 0 Å². The molecule has 1 saturated carbocycles. The highest BCUT2D eigenvalue weighted by Crippen LogP contribution is 2.66. The fourth-order valence-corrected chi connectivity index (χ4v) is 6.17. The van der Waals surface area contributed by atoms with Crippen molar-refractivity contribution < 1.29 is 24.8 Å². The summed E-state index contributed by atoms with van der Waals surface area (Å²) >= 11 is 0. The topological polar surface area (TPSA) is 79.2 Å². The molecule has 0 spiro atoms. The van der Waals surface area contributed by atoms with Crippen LogP contribution in [0.2, 0.25) is 0 Å². The summed E-state index contributed by atoms with van der Waals surface area (Å²) in [4.78, 5) is 0. The molecule has 2 aliphatic carbocycles. The first-order valence-electron chi connectivity index (χ1n) is 9.86. The summed E-state index contributed by atoms with van der Waals surface area (Å²) in [6.07, 6.45) is 7.49. The van der Waals surface area contributed by atoms with Crippen molar-refractivity contribution in [3.05, 3.63) is 23.3 Å². The summed E-state index contributed by atoms with van der Waals surface area (Å²) < 4.78 is 12.0. The number of allylic oxidation sites excluding steroid dienone is 1. The van der Waals surface area contributed by atoms with Gasteiger partial charge in [-0.25, -0.2) is 0 Å². The Morgan fingerprint density at radius 3 is 2.85 bits per heavy atom. The zero-order valence-corrected chi connectivity index (χ0v) is 16.3. The SMILES string of the molecule is COC1OCC2(CCC(=CCO)CO)C(C)CC(O)C13C(C)=CCCC23. The largest absolute Gasteiger partial charge is 0.392 e. The molecule has 1 saturated heterocycles. The van der Waals surface area contributed by atoms with Crippen molar-refractivity contribution in [2.45, 2.75) is 58.3 Å². The van der Waals surface area contributed by atoms with E-state index in [2.05, 4.69) is 19.9 Å². The third-order valence-corrected chi connectivity index (χ3v) is 7.57. The standard InChI is InChI=1S/C21H34O5/c1-14-5-4-6-17-20(9-7-16(12-23)8-10-22)13-26-19(25-3)21(14,17)18(24)11-15(20)2/h5,8,15,17-19,22-24H,4,6-7,9-13H2,1-3H3. The van der Waals surface area contributed by atoms with E-state index >= 15 is 0 Å². The van der Waals surface area contributed by atoms with Crippen LogP contribution in [-0.4, -0.2) is 54.6 Å². The molecular formula is C21H34O5. The Balaban J connectivity index is 2.00. The number of ether oxygens (including phenoxy) is 2. The third kappa shape index (κ3) is 2.80. The van der Waals surface area contributed by atoms with Gasteiger partial charge in [-0.2, -0.15) is 0 Å². The van der Waals surface area contributed by atoms with Crippen molar-refractivity contribution in [3.8, 4) is 0 Å². The average Bonchev–Trinajstić information content (AvgIpc) is 2.63. The predicted molar refractivity (Wildman–Crippen MR) is 99.4 cm³/mol. The molecule has 6 atom stereocenters. The van der Waals surface area contributed by atoms with Crippen molar-refractivity contribution in [3.63, 3.8) is 0 Å². The Bertz CT molecular complexity index is 571. The highest BCUT2D eigenvalue weighted by atomic mass is 16.7. The summed E-state index contributed by atoms with van der Waals surface area (Å²) in [6, 6.07) is 0. The lowest BCUT2D eigenvalue weighted by Gasteiger charge is -2.66. The van der Waals surface area contributed by atoms with Crippen molar-refractivity contribution in [2.24, 2.45) is 22.7 Å². The third-order valence-electron chi connectivity index (χ3n) is 7.57. The van der Waals surface area contributed by atoms with Crippen molar-refractivity contribution in [2.75, 3.05) is 26.9 Å². The molecule has 5 nitrogen and oxygen atoms in total. The quantitative estimate of drug-likeness (QED) is 0.629. The van der Waals surface area contributed by atoms with E-state index in [9.17, 15) is 15.3 Å². The minimum Gasteiger partial charge on any atom is -0.392 e. The highest BCUT2D eigenvalue weighted by Gasteiger charge is 2.67. The average molecular weight is 366 g/mol. The van der Waals surface area contributed by atoms with Crippen LogP contribution in [0.25, 0.3) is 0 Å². The normalized spacial score (nSPS) is 43.0. The molecule has 5 heteroatoms. The second-order valence-electron chi connectivity index (χ2n) is 8.42. The lowest BCUT2D eigenvalue weighted by atomic mass is 9.43. The molecule has 3 aliphatic rings. The van der Waals surface area contributed by atoms with Crippen LogP contribution in [0.1, 0.15) is 46.0 Å². The van der Waals surface area contributed by atoms with Gasteiger partial charge in [-0.05, 0) is 56.4 Å². The summed E-state index contributed by atoms with van der Waals surface area (Å²) in [5.41, 5.74) is 1.55. The van der Waals surface area contributed by atoms with Gasteiger partial charge >= 0.3 is 0 Å². The van der Waals surface area contributed by atoms with Gasteiger partial charge in [0, 0.05) is 12.5 Å². The van der Waals surface area contributed by atoms with E-state index in [0.717, 1.165) is 37.7 Å². The number of methoxy groups -OCH3 is 1. The molecule has 3 N–H and O–H groups in total. The van der Waals surface area contributed by atoms with E-state index in [4.69, 9.17) is 9.47 Å². The van der Waals surface area contributed by atoms with Gasteiger partial charge in [0.2, 0.25) is 0 Å². The van der Waals surface area contributed by atoms with Gasteiger partial charge in [-0.3, -0.25) is 0 Å². The second kappa shape index (κ2) is 7.72. The minimum atomic E-state index is -0.474. The number of aliphatic hydroxyl groups excluding tert-OH is 3. The summed E-state index contributed by atoms with van der Waals surface area (Å²) in [5.74, 6) is 0.625. The van der Waals surface area contributed by atoms with Crippen LogP contribution in [0.15, 0.2) is 23.3 Å². The highest BCUT2D eigenvalue weighted by molar-refractivity contribution is 5.28. The summed E-state index contributed by atoms with van der Waals surface area (Å²) in [7, 11) is 1.67. The molecule has 2 fully saturated rings. The van der Waals surface area contributed by atoms with Crippen LogP contribution in [0.3, 0.4) is 0 Å². The molecule has 3 rings (SSSR count). The van der Waals surface area contributed by atoms with E-state index in [1.807, 2.05) is 0 Å². The molecule has 0 aromatic carbocycles. The van der Waals surface area contributed by atoms with E-state index in [1.54, 1.807) is 13.2 Å². The fourth-order valence-electron chi connectivity index (χ4n) is 6.17. The van der Waals surface area contributed by atoms with Crippen LogP contribution >= 0.6 is 0 Å². The molecule has 0 amide bonds. The van der Waals surface area contributed by atoms with Crippen LogP contribution < -0.4 is 0 Å². The Hall–Kier alpha value is -0.720. The molecule has 0 aromatic heterocycles. The van der Waals surface area contributed by atoms with E-state index in [0.29, 0.717) is 18.4 Å². The molecule has 0 aromatic rings. The molecule has 0 radical (unpaired) electrons. The minimum absolute atomic E-state index is 0.0239. The Morgan fingerprint density at radius 1 is 1.42 bits per heavy atom. The van der Waals surface area contributed by atoms with Gasteiger partial charge in [0.05, 0.1) is 31.3 Å².